The minimum Gasteiger partial charge on any atom is -0.378 e. The Morgan fingerprint density at radius 3 is 3.11 bits per heavy atom. The van der Waals surface area contributed by atoms with Gasteiger partial charge in [0.15, 0.2) is 0 Å². The van der Waals surface area contributed by atoms with Gasteiger partial charge in [-0.2, -0.15) is 0 Å². The molecule has 1 aliphatic carbocycles. The maximum Gasteiger partial charge on any atom is 0.0957 e. The van der Waals surface area contributed by atoms with Crippen molar-refractivity contribution in [2.45, 2.75) is 64.0 Å². The molecule has 1 saturated heterocycles. The van der Waals surface area contributed by atoms with Crippen molar-refractivity contribution in [3.8, 4) is 0 Å². The molecule has 4 heteroatoms. The summed E-state index contributed by atoms with van der Waals surface area (Å²) in [7, 11) is 0. The number of hydrogen-bond donors (Lipinski definition) is 1. The zero-order chi connectivity index (χ0) is 13.1. The van der Waals surface area contributed by atoms with E-state index < -0.39 is 0 Å². The molecule has 1 aromatic rings. The van der Waals surface area contributed by atoms with Crippen LogP contribution in [0, 0.1) is 0 Å². The third kappa shape index (κ3) is 3.18. The molecule has 106 valence electrons. The lowest BCUT2D eigenvalue weighted by Gasteiger charge is -2.22. The lowest BCUT2D eigenvalue weighted by molar-refractivity contribution is 0.111. The molecule has 0 spiro atoms. The average Bonchev–Trinajstić information content (AvgIpc) is 3.05. The summed E-state index contributed by atoms with van der Waals surface area (Å²) in [5, 5.41) is 4.97. The smallest absolute Gasteiger partial charge is 0.0957 e. The third-order valence-electron chi connectivity index (χ3n) is 4.06. The van der Waals surface area contributed by atoms with E-state index >= 15 is 0 Å². The van der Waals surface area contributed by atoms with Crippen molar-refractivity contribution in [3.63, 3.8) is 0 Å². The standard InChI is InChI=1S/C15H24N2OS/c1-2-8-16-12-6-3-7-13-15(12)19-14(17-13)10-11-5-4-9-18-11/h11-12,16H,2-10H2,1H3. The van der Waals surface area contributed by atoms with Crippen LogP contribution in [-0.4, -0.2) is 24.2 Å². The molecule has 2 unspecified atom stereocenters. The van der Waals surface area contributed by atoms with Gasteiger partial charge in [0.05, 0.1) is 16.8 Å². The molecule has 0 bridgehead atoms. The van der Waals surface area contributed by atoms with E-state index in [0.29, 0.717) is 12.1 Å². The second-order valence-corrected chi connectivity index (χ2v) is 6.77. The van der Waals surface area contributed by atoms with Crippen LogP contribution in [-0.2, 0) is 17.6 Å². The van der Waals surface area contributed by atoms with Gasteiger partial charge in [0, 0.05) is 23.9 Å². The Kier molecular flexibility index (Phi) is 4.51. The molecular weight excluding hydrogens is 256 g/mol. The molecule has 0 radical (unpaired) electrons. The minimum atomic E-state index is 0.426. The molecule has 1 aliphatic heterocycles. The van der Waals surface area contributed by atoms with Crippen molar-refractivity contribution < 1.29 is 4.74 Å². The van der Waals surface area contributed by atoms with E-state index in [-0.39, 0.29) is 0 Å². The van der Waals surface area contributed by atoms with Gasteiger partial charge in [0.25, 0.3) is 0 Å². The molecule has 3 rings (SSSR count). The van der Waals surface area contributed by atoms with Crippen LogP contribution in [0.2, 0.25) is 0 Å². The van der Waals surface area contributed by atoms with Crippen molar-refractivity contribution in [2.24, 2.45) is 0 Å². The second kappa shape index (κ2) is 6.33. The zero-order valence-electron chi connectivity index (χ0n) is 11.8. The van der Waals surface area contributed by atoms with Gasteiger partial charge in [-0.05, 0) is 45.1 Å². The van der Waals surface area contributed by atoms with Gasteiger partial charge >= 0.3 is 0 Å². The molecule has 0 amide bonds. The summed E-state index contributed by atoms with van der Waals surface area (Å²) in [5.74, 6) is 0. The predicted molar refractivity (Wildman–Crippen MR) is 78.8 cm³/mol. The van der Waals surface area contributed by atoms with Crippen LogP contribution in [0.5, 0.6) is 0 Å². The van der Waals surface area contributed by atoms with Crippen LogP contribution >= 0.6 is 11.3 Å². The Bertz CT molecular complexity index is 412. The molecule has 2 heterocycles. The lowest BCUT2D eigenvalue weighted by Crippen LogP contribution is -2.24. The number of aromatic nitrogens is 1. The van der Waals surface area contributed by atoms with E-state index in [1.807, 2.05) is 11.3 Å². The monoisotopic (exact) mass is 280 g/mol. The summed E-state index contributed by atoms with van der Waals surface area (Å²) in [4.78, 5) is 6.38. The molecule has 2 atom stereocenters. The summed E-state index contributed by atoms with van der Waals surface area (Å²) in [6, 6.07) is 0.555. The fraction of sp³-hybridized carbons (Fsp3) is 0.800. The average molecular weight is 280 g/mol. The molecule has 0 saturated carbocycles. The predicted octanol–water partition coefficient (Wildman–Crippen LogP) is 3.24. The van der Waals surface area contributed by atoms with E-state index in [1.165, 1.54) is 54.1 Å². The minimum absolute atomic E-state index is 0.426. The van der Waals surface area contributed by atoms with Gasteiger partial charge in [0.1, 0.15) is 0 Å². The summed E-state index contributed by atoms with van der Waals surface area (Å²) >= 11 is 1.93. The van der Waals surface area contributed by atoms with Gasteiger partial charge < -0.3 is 10.1 Å². The Morgan fingerprint density at radius 2 is 2.32 bits per heavy atom. The second-order valence-electron chi connectivity index (χ2n) is 5.66. The van der Waals surface area contributed by atoms with E-state index in [0.717, 1.165) is 19.6 Å². The first kappa shape index (κ1) is 13.5. The van der Waals surface area contributed by atoms with E-state index in [2.05, 4.69) is 12.2 Å². The Hall–Kier alpha value is -0.450. The molecule has 1 fully saturated rings. The van der Waals surface area contributed by atoms with Crippen LogP contribution in [0.25, 0.3) is 0 Å². The molecular formula is C15H24N2OS. The van der Waals surface area contributed by atoms with Gasteiger partial charge in [-0.3, -0.25) is 0 Å². The Morgan fingerprint density at radius 1 is 1.37 bits per heavy atom. The van der Waals surface area contributed by atoms with Gasteiger partial charge in [-0.25, -0.2) is 4.98 Å². The summed E-state index contributed by atoms with van der Waals surface area (Å²) in [6.07, 6.45) is 8.80. The summed E-state index contributed by atoms with van der Waals surface area (Å²) < 4.78 is 5.73. The zero-order valence-corrected chi connectivity index (χ0v) is 12.6. The van der Waals surface area contributed by atoms with Crippen molar-refractivity contribution in [1.29, 1.82) is 0 Å². The van der Waals surface area contributed by atoms with Gasteiger partial charge in [0.2, 0.25) is 0 Å². The lowest BCUT2D eigenvalue weighted by atomic mass is 9.98. The van der Waals surface area contributed by atoms with Crippen molar-refractivity contribution >= 4 is 11.3 Å². The first-order valence-electron chi connectivity index (χ1n) is 7.70. The van der Waals surface area contributed by atoms with Crippen LogP contribution in [0.4, 0.5) is 0 Å². The maximum absolute atomic E-state index is 5.73. The van der Waals surface area contributed by atoms with Crippen LogP contribution in [0.3, 0.4) is 0 Å². The topological polar surface area (TPSA) is 34.2 Å². The third-order valence-corrected chi connectivity index (χ3v) is 5.30. The van der Waals surface area contributed by atoms with Crippen molar-refractivity contribution in [1.82, 2.24) is 10.3 Å². The first-order valence-corrected chi connectivity index (χ1v) is 8.52. The Balaban J connectivity index is 1.69. The number of fused-ring (bicyclic) bond motifs is 1. The number of aryl methyl sites for hydroxylation is 1. The number of hydrogen-bond acceptors (Lipinski definition) is 4. The van der Waals surface area contributed by atoms with Crippen molar-refractivity contribution in [3.05, 3.63) is 15.6 Å². The van der Waals surface area contributed by atoms with Crippen LogP contribution in [0.1, 0.15) is 60.6 Å². The van der Waals surface area contributed by atoms with Crippen LogP contribution in [0.15, 0.2) is 0 Å². The van der Waals surface area contributed by atoms with E-state index in [9.17, 15) is 0 Å². The highest BCUT2D eigenvalue weighted by atomic mass is 32.1. The summed E-state index contributed by atoms with van der Waals surface area (Å²) in [6.45, 7) is 4.28. The highest BCUT2D eigenvalue weighted by Crippen LogP contribution is 2.35. The molecule has 3 nitrogen and oxygen atoms in total. The largest absolute Gasteiger partial charge is 0.378 e. The number of ether oxygens (including phenoxy) is 1. The Labute approximate surface area is 119 Å². The van der Waals surface area contributed by atoms with E-state index in [4.69, 9.17) is 9.72 Å². The number of thiazole rings is 1. The fourth-order valence-electron chi connectivity index (χ4n) is 3.07. The molecule has 1 aromatic heterocycles. The maximum atomic E-state index is 5.73. The van der Waals surface area contributed by atoms with Crippen LogP contribution < -0.4 is 5.32 Å². The highest BCUT2D eigenvalue weighted by molar-refractivity contribution is 7.11. The SMILES string of the molecule is CCCNC1CCCc2nc(CC3CCCO3)sc21. The molecule has 2 aliphatic rings. The van der Waals surface area contributed by atoms with E-state index in [1.54, 1.807) is 0 Å². The first-order chi connectivity index (χ1) is 9.36. The number of nitrogens with zero attached hydrogens (tertiary/aromatic N) is 1. The quantitative estimate of drug-likeness (QED) is 0.899. The fourth-order valence-corrected chi connectivity index (χ4v) is 4.36. The van der Waals surface area contributed by atoms with Gasteiger partial charge in [-0.15, -0.1) is 11.3 Å². The van der Waals surface area contributed by atoms with Crippen molar-refractivity contribution in [2.75, 3.05) is 13.2 Å². The number of rotatable bonds is 5. The molecule has 1 N–H and O–H groups in total. The highest BCUT2D eigenvalue weighted by Gasteiger charge is 2.25. The number of nitrogens with one attached hydrogen (secondary N) is 1. The molecule has 19 heavy (non-hydrogen) atoms. The summed E-state index contributed by atoms with van der Waals surface area (Å²) in [5.41, 5.74) is 1.36. The van der Waals surface area contributed by atoms with Gasteiger partial charge in [-0.1, -0.05) is 6.92 Å². The molecule has 0 aromatic carbocycles. The normalized spacial score (nSPS) is 26.6.